The van der Waals surface area contributed by atoms with E-state index in [1.165, 1.54) is 11.1 Å². The molecule has 0 bridgehead atoms. The number of methoxy groups -OCH3 is 1. The Kier molecular flexibility index (Phi) is 7.67. The van der Waals surface area contributed by atoms with Gasteiger partial charge in [-0.2, -0.15) is 0 Å². The fourth-order valence-corrected chi connectivity index (χ4v) is 3.11. The van der Waals surface area contributed by atoms with Gasteiger partial charge in [0.1, 0.15) is 0 Å². The molecule has 5 heteroatoms. The molecule has 0 fully saturated rings. The van der Waals surface area contributed by atoms with E-state index in [4.69, 9.17) is 9.47 Å². The predicted octanol–water partition coefficient (Wildman–Crippen LogP) is 3.95. The fraction of sp³-hybridized carbons (Fsp3) is 0.350. The van der Waals surface area contributed by atoms with Gasteiger partial charge in [-0.3, -0.25) is 4.79 Å². The molecule has 0 aromatic heterocycles. The molecule has 2 aromatic carbocycles. The van der Waals surface area contributed by atoms with Crippen LogP contribution < -0.4 is 14.8 Å². The van der Waals surface area contributed by atoms with Crippen LogP contribution in [0.4, 0.5) is 0 Å². The third-order valence-electron chi connectivity index (χ3n) is 3.64. The average Bonchev–Trinajstić information content (AvgIpc) is 2.62. The molecule has 25 heavy (non-hydrogen) atoms. The Bertz CT molecular complexity index is 686. The second-order valence-electron chi connectivity index (χ2n) is 5.67. The van der Waals surface area contributed by atoms with Crippen molar-refractivity contribution in [2.24, 2.45) is 0 Å². The average molecular weight is 359 g/mol. The van der Waals surface area contributed by atoms with Gasteiger partial charge < -0.3 is 14.8 Å². The number of carbonyl (C=O) groups is 1. The molecule has 0 aliphatic rings. The van der Waals surface area contributed by atoms with E-state index >= 15 is 0 Å². The summed E-state index contributed by atoms with van der Waals surface area (Å²) < 4.78 is 10.8. The monoisotopic (exact) mass is 359 g/mol. The molecular weight excluding hydrogens is 334 g/mol. The molecule has 0 saturated carbocycles. The van der Waals surface area contributed by atoms with E-state index in [-0.39, 0.29) is 5.91 Å². The lowest BCUT2D eigenvalue weighted by molar-refractivity contribution is -0.118. The van der Waals surface area contributed by atoms with Gasteiger partial charge in [-0.1, -0.05) is 35.9 Å². The maximum absolute atomic E-state index is 12.0. The van der Waals surface area contributed by atoms with Gasteiger partial charge in [0, 0.05) is 12.3 Å². The molecule has 0 heterocycles. The Morgan fingerprint density at radius 3 is 2.48 bits per heavy atom. The molecule has 0 aliphatic carbocycles. The number of hydrogen-bond acceptors (Lipinski definition) is 4. The standard InChI is InChI=1S/C20H25NO3S/c1-4-24-18-10-9-17(11-19(18)23-3)12-21-20(22)14-25-13-16-7-5-15(2)6-8-16/h5-11H,4,12-14H2,1-3H3,(H,21,22). The zero-order valence-electron chi connectivity index (χ0n) is 15.0. The molecule has 0 unspecified atom stereocenters. The van der Waals surface area contributed by atoms with Gasteiger partial charge in [-0.05, 0) is 37.1 Å². The van der Waals surface area contributed by atoms with Gasteiger partial charge in [-0.15, -0.1) is 11.8 Å². The number of thioether (sulfide) groups is 1. The van der Waals surface area contributed by atoms with Crippen molar-refractivity contribution in [2.75, 3.05) is 19.5 Å². The minimum Gasteiger partial charge on any atom is -0.493 e. The number of aryl methyl sites for hydroxylation is 1. The summed E-state index contributed by atoms with van der Waals surface area (Å²) in [5.41, 5.74) is 3.47. The summed E-state index contributed by atoms with van der Waals surface area (Å²) in [6.45, 7) is 5.07. The molecule has 0 radical (unpaired) electrons. The largest absolute Gasteiger partial charge is 0.493 e. The molecule has 0 atom stereocenters. The molecule has 2 rings (SSSR count). The van der Waals surface area contributed by atoms with Crippen LogP contribution >= 0.6 is 11.8 Å². The van der Waals surface area contributed by atoms with Crippen molar-refractivity contribution >= 4 is 17.7 Å². The lowest BCUT2D eigenvalue weighted by Gasteiger charge is -2.11. The fourth-order valence-electron chi connectivity index (χ4n) is 2.29. The third-order valence-corrected chi connectivity index (χ3v) is 4.64. The Morgan fingerprint density at radius 2 is 1.80 bits per heavy atom. The van der Waals surface area contributed by atoms with Crippen molar-refractivity contribution in [1.29, 1.82) is 0 Å². The van der Waals surface area contributed by atoms with Crippen LogP contribution in [0, 0.1) is 6.92 Å². The van der Waals surface area contributed by atoms with Crippen molar-refractivity contribution in [3.8, 4) is 11.5 Å². The van der Waals surface area contributed by atoms with Crippen LogP contribution in [0.5, 0.6) is 11.5 Å². The molecule has 2 aromatic rings. The Balaban J connectivity index is 1.76. The smallest absolute Gasteiger partial charge is 0.230 e. The van der Waals surface area contributed by atoms with Crippen LogP contribution in [0.2, 0.25) is 0 Å². The molecule has 134 valence electrons. The van der Waals surface area contributed by atoms with Gasteiger partial charge in [0.15, 0.2) is 11.5 Å². The lowest BCUT2D eigenvalue weighted by Crippen LogP contribution is -2.24. The highest BCUT2D eigenvalue weighted by Crippen LogP contribution is 2.27. The first-order valence-corrected chi connectivity index (χ1v) is 9.47. The summed E-state index contributed by atoms with van der Waals surface area (Å²) in [6, 6.07) is 14.1. The summed E-state index contributed by atoms with van der Waals surface area (Å²) in [6.07, 6.45) is 0. The first-order chi connectivity index (χ1) is 12.1. The van der Waals surface area contributed by atoms with E-state index in [1.54, 1.807) is 18.9 Å². The van der Waals surface area contributed by atoms with E-state index in [1.807, 2.05) is 25.1 Å². The zero-order valence-corrected chi connectivity index (χ0v) is 15.8. The number of benzene rings is 2. The highest BCUT2D eigenvalue weighted by atomic mass is 32.2. The Labute approximate surface area is 153 Å². The van der Waals surface area contributed by atoms with Crippen molar-refractivity contribution in [2.45, 2.75) is 26.1 Å². The maximum atomic E-state index is 12.0. The number of rotatable bonds is 9. The number of ether oxygens (including phenoxy) is 2. The van der Waals surface area contributed by atoms with Crippen molar-refractivity contribution in [1.82, 2.24) is 5.32 Å². The number of carbonyl (C=O) groups excluding carboxylic acids is 1. The van der Waals surface area contributed by atoms with Crippen LogP contribution in [0.1, 0.15) is 23.6 Å². The summed E-state index contributed by atoms with van der Waals surface area (Å²) in [5.74, 6) is 2.72. The first-order valence-electron chi connectivity index (χ1n) is 8.32. The third kappa shape index (κ3) is 6.35. The van der Waals surface area contributed by atoms with Crippen LogP contribution in [0.25, 0.3) is 0 Å². The quantitative estimate of drug-likeness (QED) is 0.736. The highest BCUT2D eigenvalue weighted by Gasteiger charge is 2.07. The minimum absolute atomic E-state index is 0.0324. The number of nitrogens with one attached hydrogen (secondary N) is 1. The summed E-state index contributed by atoms with van der Waals surface area (Å²) >= 11 is 1.62. The van der Waals surface area contributed by atoms with Crippen molar-refractivity contribution in [3.63, 3.8) is 0 Å². The normalized spacial score (nSPS) is 10.4. The zero-order chi connectivity index (χ0) is 18.1. The number of amides is 1. The summed E-state index contributed by atoms with van der Waals surface area (Å²) in [5, 5.41) is 2.94. The van der Waals surface area contributed by atoms with E-state index in [9.17, 15) is 4.79 Å². The summed E-state index contributed by atoms with van der Waals surface area (Å²) in [7, 11) is 1.61. The van der Waals surface area contributed by atoms with Crippen LogP contribution in [0.3, 0.4) is 0 Å². The van der Waals surface area contributed by atoms with Crippen LogP contribution in [-0.2, 0) is 17.1 Å². The highest BCUT2D eigenvalue weighted by molar-refractivity contribution is 7.99. The van der Waals surface area contributed by atoms with E-state index in [0.717, 1.165) is 11.3 Å². The molecule has 0 spiro atoms. The van der Waals surface area contributed by atoms with Crippen molar-refractivity contribution < 1.29 is 14.3 Å². The SMILES string of the molecule is CCOc1ccc(CNC(=O)CSCc2ccc(C)cc2)cc1OC. The lowest BCUT2D eigenvalue weighted by atomic mass is 10.2. The van der Waals surface area contributed by atoms with Gasteiger partial charge in [-0.25, -0.2) is 0 Å². The Hall–Kier alpha value is -2.14. The predicted molar refractivity (Wildman–Crippen MR) is 103 cm³/mol. The molecule has 1 N–H and O–H groups in total. The molecule has 1 amide bonds. The second kappa shape index (κ2) is 9.99. The molecule has 0 saturated heterocycles. The number of hydrogen-bond donors (Lipinski definition) is 1. The van der Waals surface area contributed by atoms with Crippen molar-refractivity contribution in [3.05, 3.63) is 59.2 Å². The second-order valence-corrected chi connectivity index (χ2v) is 6.66. The van der Waals surface area contributed by atoms with E-state index in [0.29, 0.717) is 30.4 Å². The van der Waals surface area contributed by atoms with Gasteiger partial charge in [0.2, 0.25) is 5.91 Å². The Morgan fingerprint density at radius 1 is 1.08 bits per heavy atom. The maximum Gasteiger partial charge on any atom is 0.230 e. The van der Waals surface area contributed by atoms with Crippen LogP contribution in [0.15, 0.2) is 42.5 Å². The van der Waals surface area contributed by atoms with Gasteiger partial charge in [0.05, 0.1) is 19.5 Å². The minimum atomic E-state index is 0.0324. The van der Waals surface area contributed by atoms with Gasteiger partial charge in [0.25, 0.3) is 0 Å². The van der Waals surface area contributed by atoms with E-state index < -0.39 is 0 Å². The molecule has 4 nitrogen and oxygen atoms in total. The van der Waals surface area contributed by atoms with Gasteiger partial charge >= 0.3 is 0 Å². The van der Waals surface area contributed by atoms with E-state index in [2.05, 4.69) is 36.5 Å². The van der Waals surface area contributed by atoms with Crippen LogP contribution in [-0.4, -0.2) is 25.4 Å². The first kappa shape index (κ1) is 19.2. The topological polar surface area (TPSA) is 47.6 Å². The molecular formula is C20H25NO3S. The summed E-state index contributed by atoms with van der Waals surface area (Å²) in [4.78, 5) is 12.0. The molecule has 0 aliphatic heterocycles.